The van der Waals surface area contributed by atoms with Crippen LogP contribution in [-0.4, -0.2) is 23.3 Å². The molecule has 1 aliphatic heterocycles. The van der Waals surface area contributed by atoms with E-state index >= 15 is 0 Å². The second-order valence-corrected chi connectivity index (χ2v) is 8.71. The first-order valence-corrected chi connectivity index (χ1v) is 10.5. The molecule has 1 aromatic heterocycles. The molecule has 3 aromatic rings. The molecule has 0 unspecified atom stereocenters. The first-order chi connectivity index (χ1) is 14.8. The fourth-order valence-electron chi connectivity index (χ4n) is 3.23. The third-order valence-electron chi connectivity index (χ3n) is 5.79. The van der Waals surface area contributed by atoms with Gasteiger partial charge in [-0.3, -0.25) is 0 Å². The molecule has 1 saturated heterocycles. The second kappa shape index (κ2) is 8.73. The highest BCUT2D eigenvalue weighted by atomic mass is 16.7. The summed E-state index contributed by atoms with van der Waals surface area (Å²) in [7, 11) is -0.522. The topological polar surface area (TPSA) is 49.8 Å². The van der Waals surface area contributed by atoms with Gasteiger partial charge in [0.25, 0.3) is 0 Å². The molecule has 2 heterocycles. The van der Waals surface area contributed by atoms with Crippen LogP contribution in [-0.2, 0) is 22.5 Å². The van der Waals surface area contributed by atoms with Gasteiger partial charge in [-0.1, -0.05) is 60.7 Å². The van der Waals surface area contributed by atoms with Gasteiger partial charge in [-0.25, -0.2) is 0 Å². The number of aromatic nitrogens is 1. The minimum Gasteiger partial charge on any atom is -0.473 e. The van der Waals surface area contributed by atoms with E-state index in [1.807, 2.05) is 100 Å². The summed E-state index contributed by atoms with van der Waals surface area (Å²) in [6.07, 6.45) is 0. The van der Waals surface area contributed by atoms with E-state index in [2.05, 4.69) is 4.98 Å². The highest BCUT2D eigenvalue weighted by Crippen LogP contribution is 2.36. The van der Waals surface area contributed by atoms with Gasteiger partial charge in [-0.15, -0.1) is 0 Å². The molecule has 0 bridgehead atoms. The highest BCUT2D eigenvalue weighted by molar-refractivity contribution is 6.62. The fraction of sp³-hybridized carbons (Fsp3) is 0.320. The smallest absolute Gasteiger partial charge is 0.473 e. The third kappa shape index (κ3) is 5.09. The van der Waals surface area contributed by atoms with Crippen molar-refractivity contribution < 1.29 is 18.8 Å². The van der Waals surface area contributed by atoms with Crippen molar-refractivity contribution in [2.75, 3.05) is 0 Å². The molecule has 0 spiro atoms. The predicted molar refractivity (Wildman–Crippen MR) is 122 cm³/mol. The average Bonchev–Trinajstić information content (AvgIpc) is 2.99. The van der Waals surface area contributed by atoms with Crippen molar-refractivity contribution >= 4 is 12.6 Å². The molecule has 31 heavy (non-hydrogen) atoms. The lowest BCUT2D eigenvalue weighted by Gasteiger charge is -2.32. The molecule has 160 valence electrons. The lowest BCUT2D eigenvalue weighted by molar-refractivity contribution is 0.00578. The SMILES string of the molecule is CC1(C)OB(c2cc(OCc3ccccc3)nc(OCc3ccccc3)c2)OC1(C)C. The maximum absolute atomic E-state index is 6.22. The summed E-state index contributed by atoms with van der Waals surface area (Å²) in [4.78, 5) is 4.55. The molecule has 1 aliphatic rings. The van der Waals surface area contributed by atoms with Crippen LogP contribution in [0.4, 0.5) is 0 Å². The van der Waals surface area contributed by atoms with Gasteiger partial charge in [0.05, 0.1) is 11.2 Å². The summed E-state index contributed by atoms with van der Waals surface area (Å²) in [5, 5.41) is 0. The van der Waals surface area contributed by atoms with E-state index in [1.54, 1.807) is 0 Å². The van der Waals surface area contributed by atoms with Crippen molar-refractivity contribution in [3.05, 3.63) is 83.9 Å². The Morgan fingerprint density at radius 3 is 1.55 bits per heavy atom. The van der Waals surface area contributed by atoms with Crippen molar-refractivity contribution in [1.29, 1.82) is 0 Å². The lowest BCUT2D eigenvalue weighted by atomic mass is 9.79. The van der Waals surface area contributed by atoms with Crippen LogP contribution in [0, 0.1) is 0 Å². The number of benzene rings is 2. The van der Waals surface area contributed by atoms with E-state index < -0.39 is 18.3 Å². The van der Waals surface area contributed by atoms with Crippen molar-refractivity contribution in [3.8, 4) is 11.8 Å². The number of rotatable bonds is 7. The minimum atomic E-state index is -0.522. The van der Waals surface area contributed by atoms with Gasteiger partial charge in [0.1, 0.15) is 13.2 Å². The molecule has 0 radical (unpaired) electrons. The Morgan fingerprint density at radius 2 is 1.13 bits per heavy atom. The monoisotopic (exact) mass is 417 g/mol. The van der Waals surface area contributed by atoms with Gasteiger partial charge in [-0.2, -0.15) is 4.98 Å². The molecule has 0 N–H and O–H groups in total. The number of ether oxygens (including phenoxy) is 2. The molecule has 0 saturated carbocycles. The Kier molecular flexibility index (Phi) is 6.03. The number of hydrogen-bond acceptors (Lipinski definition) is 5. The lowest BCUT2D eigenvalue weighted by Crippen LogP contribution is -2.41. The van der Waals surface area contributed by atoms with Gasteiger partial charge in [-0.05, 0) is 44.3 Å². The van der Waals surface area contributed by atoms with Gasteiger partial charge in [0.15, 0.2) is 0 Å². The van der Waals surface area contributed by atoms with Crippen LogP contribution in [0.3, 0.4) is 0 Å². The first-order valence-electron chi connectivity index (χ1n) is 10.5. The van der Waals surface area contributed by atoms with Gasteiger partial charge < -0.3 is 18.8 Å². The number of pyridine rings is 1. The van der Waals surface area contributed by atoms with Gasteiger partial charge in [0.2, 0.25) is 11.8 Å². The molecular formula is C25H28BNO4. The summed E-state index contributed by atoms with van der Waals surface area (Å²) in [6.45, 7) is 8.97. The van der Waals surface area contributed by atoms with Gasteiger partial charge in [0, 0.05) is 12.1 Å². The Hall–Kier alpha value is -2.83. The van der Waals surface area contributed by atoms with E-state index in [1.165, 1.54) is 0 Å². The Morgan fingerprint density at radius 1 is 0.710 bits per heavy atom. The molecule has 0 aliphatic carbocycles. The standard InChI is InChI=1S/C25H28BNO4/c1-24(2)25(3,4)31-26(30-24)21-15-22(28-17-19-11-7-5-8-12-19)27-23(16-21)29-18-20-13-9-6-10-14-20/h5-16H,17-18H2,1-4H3. The number of hydrogen-bond donors (Lipinski definition) is 0. The molecular weight excluding hydrogens is 389 g/mol. The number of nitrogens with zero attached hydrogens (tertiary/aromatic N) is 1. The van der Waals surface area contributed by atoms with Crippen molar-refractivity contribution in [3.63, 3.8) is 0 Å². The summed E-state index contributed by atoms with van der Waals surface area (Å²) in [6, 6.07) is 23.7. The summed E-state index contributed by atoms with van der Waals surface area (Å²) in [5.74, 6) is 0.943. The Bertz CT molecular complexity index is 931. The molecule has 6 heteroatoms. The second-order valence-electron chi connectivity index (χ2n) is 8.71. The predicted octanol–water partition coefficient (Wildman–Crippen LogP) is 4.54. The van der Waals surface area contributed by atoms with Crippen LogP contribution in [0.25, 0.3) is 0 Å². The fourth-order valence-corrected chi connectivity index (χ4v) is 3.23. The minimum absolute atomic E-state index is 0.415. The molecule has 5 nitrogen and oxygen atoms in total. The van der Waals surface area contributed by atoms with Crippen LogP contribution in [0.5, 0.6) is 11.8 Å². The van der Waals surface area contributed by atoms with E-state index in [-0.39, 0.29) is 0 Å². The highest BCUT2D eigenvalue weighted by Gasteiger charge is 2.52. The van der Waals surface area contributed by atoms with Crippen LogP contribution in [0.15, 0.2) is 72.8 Å². The summed E-state index contributed by atoms with van der Waals surface area (Å²) < 4.78 is 24.4. The van der Waals surface area contributed by atoms with Crippen LogP contribution < -0.4 is 14.9 Å². The van der Waals surface area contributed by atoms with E-state index in [0.29, 0.717) is 25.0 Å². The third-order valence-corrected chi connectivity index (χ3v) is 5.79. The molecule has 1 fully saturated rings. The van der Waals surface area contributed by atoms with E-state index in [0.717, 1.165) is 16.6 Å². The van der Waals surface area contributed by atoms with Crippen LogP contribution in [0.1, 0.15) is 38.8 Å². The van der Waals surface area contributed by atoms with Crippen LogP contribution >= 0.6 is 0 Å². The summed E-state index contributed by atoms with van der Waals surface area (Å²) in [5.41, 5.74) is 2.09. The molecule has 0 atom stereocenters. The zero-order valence-electron chi connectivity index (χ0n) is 18.5. The van der Waals surface area contributed by atoms with Crippen molar-refractivity contribution in [1.82, 2.24) is 4.98 Å². The normalized spacial score (nSPS) is 16.8. The quantitative estimate of drug-likeness (QED) is 0.529. The molecule has 0 amide bonds. The molecule has 2 aromatic carbocycles. The molecule has 4 rings (SSSR count). The van der Waals surface area contributed by atoms with E-state index in [9.17, 15) is 0 Å². The zero-order valence-corrected chi connectivity index (χ0v) is 18.5. The Labute approximate surface area is 184 Å². The first kappa shape index (κ1) is 21.4. The van der Waals surface area contributed by atoms with Gasteiger partial charge >= 0.3 is 7.12 Å². The van der Waals surface area contributed by atoms with Crippen molar-refractivity contribution in [2.24, 2.45) is 0 Å². The van der Waals surface area contributed by atoms with Crippen LogP contribution in [0.2, 0.25) is 0 Å². The maximum atomic E-state index is 6.22. The maximum Gasteiger partial charge on any atom is 0.495 e. The zero-order chi connectivity index (χ0) is 21.9. The summed E-state index contributed by atoms with van der Waals surface area (Å²) >= 11 is 0. The average molecular weight is 417 g/mol. The van der Waals surface area contributed by atoms with E-state index in [4.69, 9.17) is 18.8 Å². The Balaban J connectivity index is 1.57. The largest absolute Gasteiger partial charge is 0.495 e. The van der Waals surface area contributed by atoms with Crippen molar-refractivity contribution in [2.45, 2.75) is 52.1 Å².